The first-order valence-electron chi connectivity index (χ1n) is 7.35. The topological polar surface area (TPSA) is 61.5 Å². The largest absolute Gasteiger partial charge is 0.496 e. The maximum Gasteiger partial charge on any atom is 0.306 e. The van der Waals surface area contributed by atoms with Crippen molar-refractivity contribution < 1.29 is 14.3 Å². The lowest BCUT2D eigenvalue weighted by atomic mass is 9.81. The number of carbonyl (C=O) groups is 1. The van der Waals surface area contributed by atoms with E-state index < -0.39 is 0 Å². The Balaban J connectivity index is 2.82. The van der Waals surface area contributed by atoms with E-state index in [0.717, 1.165) is 16.9 Å². The molecule has 1 rings (SSSR count). The van der Waals surface area contributed by atoms with Crippen LogP contribution in [0.3, 0.4) is 0 Å². The molecule has 1 aromatic carbocycles. The predicted octanol–water partition coefficient (Wildman–Crippen LogP) is 3.37. The lowest BCUT2D eigenvalue weighted by Gasteiger charge is -2.28. The minimum absolute atomic E-state index is 0.175. The van der Waals surface area contributed by atoms with E-state index in [1.54, 1.807) is 7.11 Å². The maximum atomic E-state index is 11.7. The molecule has 0 spiro atoms. The molecule has 1 unspecified atom stereocenters. The van der Waals surface area contributed by atoms with Crippen LogP contribution in [-0.2, 0) is 9.53 Å². The van der Waals surface area contributed by atoms with Crippen LogP contribution in [0.4, 0.5) is 0 Å². The number of hydrogen-bond acceptors (Lipinski definition) is 4. The van der Waals surface area contributed by atoms with Gasteiger partial charge in [0.05, 0.1) is 20.1 Å². The lowest BCUT2D eigenvalue weighted by Crippen LogP contribution is -2.25. The van der Waals surface area contributed by atoms with Crippen molar-refractivity contribution in [1.29, 1.82) is 0 Å². The van der Waals surface area contributed by atoms with Crippen LogP contribution < -0.4 is 10.5 Å². The van der Waals surface area contributed by atoms with Gasteiger partial charge >= 0.3 is 5.97 Å². The molecule has 1 aromatic rings. The number of esters is 1. The van der Waals surface area contributed by atoms with Gasteiger partial charge in [-0.2, -0.15) is 0 Å². The van der Waals surface area contributed by atoms with Gasteiger partial charge in [0.15, 0.2) is 0 Å². The number of rotatable bonds is 7. The third-order valence-electron chi connectivity index (χ3n) is 3.49. The maximum absolute atomic E-state index is 11.7. The molecule has 4 nitrogen and oxygen atoms in total. The van der Waals surface area contributed by atoms with E-state index in [4.69, 9.17) is 15.2 Å². The zero-order valence-corrected chi connectivity index (χ0v) is 13.7. The summed E-state index contributed by atoms with van der Waals surface area (Å²) in [6.07, 6.45) is 1.05. The van der Waals surface area contributed by atoms with E-state index >= 15 is 0 Å². The molecule has 2 N–H and O–H groups in total. The Morgan fingerprint density at radius 3 is 2.62 bits per heavy atom. The Hall–Kier alpha value is -1.55. The van der Waals surface area contributed by atoms with Crippen molar-refractivity contribution in [2.75, 3.05) is 13.7 Å². The Labute approximate surface area is 127 Å². The molecule has 0 aliphatic carbocycles. The molecule has 0 aromatic heterocycles. The van der Waals surface area contributed by atoms with Crippen LogP contribution in [0.25, 0.3) is 0 Å². The third-order valence-corrected chi connectivity index (χ3v) is 3.49. The molecule has 0 bridgehead atoms. The van der Waals surface area contributed by atoms with Gasteiger partial charge in [-0.15, -0.1) is 0 Å². The van der Waals surface area contributed by atoms with Crippen molar-refractivity contribution in [3.8, 4) is 5.75 Å². The molecule has 0 aliphatic heterocycles. The molecular formula is C17H27NO3. The molecule has 0 amide bonds. The van der Waals surface area contributed by atoms with Crippen LogP contribution in [0.15, 0.2) is 18.2 Å². The van der Waals surface area contributed by atoms with E-state index in [0.29, 0.717) is 19.4 Å². The highest BCUT2D eigenvalue weighted by molar-refractivity contribution is 5.70. The van der Waals surface area contributed by atoms with Crippen LogP contribution in [0.5, 0.6) is 5.75 Å². The zero-order chi connectivity index (χ0) is 16.0. The van der Waals surface area contributed by atoms with Crippen LogP contribution in [0.1, 0.15) is 50.8 Å². The number of ether oxygens (including phenoxy) is 2. The number of aryl methyl sites for hydroxylation is 1. The molecule has 118 valence electrons. The first-order chi connectivity index (χ1) is 9.79. The Morgan fingerprint density at radius 1 is 1.38 bits per heavy atom. The van der Waals surface area contributed by atoms with Crippen molar-refractivity contribution in [2.24, 2.45) is 11.1 Å². The number of methoxy groups -OCH3 is 1. The molecule has 1 atom stereocenters. The SMILES string of the molecule is CCOC(=O)CC(C)(C)CC(N)c1cc(C)ccc1OC. The fourth-order valence-corrected chi connectivity index (χ4v) is 2.52. The van der Waals surface area contributed by atoms with Gasteiger partial charge in [0, 0.05) is 11.6 Å². The quantitative estimate of drug-likeness (QED) is 0.783. The Kier molecular flexibility index (Phi) is 6.21. The summed E-state index contributed by atoms with van der Waals surface area (Å²) in [4.78, 5) is 11.7. The molecule has 0 fully saturated rings. The summed E-state index contributed by atoms with van der Waals surface area (Å²) in [5.41, 5.74) is 8.25. The standard InChI is InChI=1S/C17H27NO3/c1-6-21-16(19)11-17(3,4)10-14(18)13-9-12(2)7-8-15(13)20-5/h7-9,14H,6,10-11,18H2,1-5H3. The summed E-state index contributed by atoms with van der Waals surface area (Å²) >= 11 is 0. The van der Waals surface area contributed by atoms with Crippen molar-refractivity contribution in [2.45, 2.75) is 46.6 Å². The van der Waals surface area contributed by atoms with E-state index in [-0.39, 0.29) is 17.4 Å². The van der Waals surface area contributed by atoms with Crippen molar-refractivity contribution in [3.63, 3.8) is 0 Å². The average Bonchev–Trinajstić information content (AvgIpc) is 2.37. The highest BCUT2D eigenvalue weighted by Gasteiger charge is 2.27. The number of carbonyl (C=O) groups excluding carboxylic acids is 1. The van der Waals surface area contributed by atoms with Crippen molar-refractivity contribution in [1.82, 2.24) is 0 Å². The Morgan fingerprint density at radius 2 is 2.05 bits per heavy atom. The van der Waals surface area contributed by atoms with Crippen molar-refractivity contribution >= 4 is 5.97 Å². The summed E-state index contributed by atoms with van der Waals surface area (Å²) in [6.45, 7) is 8.32. The summed E-state index contributed by atoms with van der Waals surface area (Å²) < 4.78 is 10.4. The molecule has 4 heteroatoms. The smallest absolute Gasteiger partial charge is 0.306 e. The minimum Gasteiger partial charge on any atom is -0.496 e. The third kappa shape index (κ3) is 5.38. The highest BCUT2D eigenvalue weighted by Crippen LogP contribution is 2.35. The second-order valence-corrected chi connectivity index (χ2v) is 6.20. The lowest BCUT2D eigenvalue weighted by molar-refractivity contribution is -0.145. The highest BCUT2D eigenvalue weighted by atomic mass is 16.5. The fraction of sp³-hybridized carbons (Fsp3) is 0.588. The molecule has 0 aliphatic rings. The number of benzene rings is 1. The van der Waals surface area contributed by atoms with Gasteiger partial charge in [0.2, 0.25) is 0 Å². The van der Waals surface area contributed by atoms with Gasteiger partial charge in [0.1, 0.15) is 5.75 Å². The first-order valence-corrected chi connectivity index (χ1v) is 7.35. The van der Waals surface area contributed by atoms with Gasteiger partial charge in [-0.1, -0.05) is 31.5 Å². The molecule has 0 saturated carbocycles. The second-order valence-electron chi connectivity index (χ2n) is 6.20. The van der Waals surface area contributed by atoms with E-state index in [1.807, 2.05) is 45.9 Å². The first kappa shape index (κ1) is 17.5. The molecule has 0 saturated heterocycles. The van der Waals surface area contributed by atoms with Gasteiger partial charge < -0.3 is 15.2 Å². The van der Waals surface area contributed by atoms with Crippen LogP contribution in [-0.4, -0.2) is 19.7 Å². The van der Waals surface area contributed by atoms with E-state index in [1.165, 1.54) is 0 Å². The van der Waals surface area contributed by atoms with Crippen LogP contribution in [0.2, 0.25) is 0 Å². The van der Waals surface area contributed by atoms with Crippen LogP contribution in [0, 0.1) is 12.3 Å². The van der Waals surface area contributed by atoms with E-state index in [9.17, 15) is 4.79 Å². The molecule has 0 radical (unpaired) electrons. The molecule has 21 heavy (non-hydrogen) atoms. The average molecular weight is 293 g/mol. The van der Waals surface area contributed by atoms with Gasteiger partial charge in [-0.25, -0.2) is 0 Å². The molecule has 0 heterocycles. The second kappa shape index (κ2) is 7.46. The monoisotopic (exact) mass is 293 g/mol. The molecular weight excluding hydrogens is 266 g/mol. The van der Waals surface area contributed by atoms with E-state index in [2.05, 4.69) is 0 Å². The summed E-state index contributed by atoms with van der Waals surface area (Å²) in [5.74, 6) is 0.617. The fourth-order valence-electron chi connectivity index (χ4n) is 2.52. The number of hydrogen-bond donors (Lipinski definition) is 1. The van der Waals surface area contributed by atoms with Crippen LogP contribution >= 0.6 is 0 Å². The predicted molar refractivity (Wildman–Crippen MR) is 84.3 cm³/mol. The van der Waals surface area contributed by atoms with Gasteiger partial charge in [-0.05, 0) is 31.7 Å². The minimum atomic E-state index is -0.222. The number of nitrogens with two attached hydrogens (primary N) is 1. The van der Waals surface area contributed by atoms with Crippen molar-refractivity contribution in [3.05, 3.63) is 29.3 Å². The van der Waals surface area contributed by atoms with Gasteiger partial charge in [0.25, 0.3) is 0 Å². The Bertz CT molecular complexity index is 483. The zero-order valence-electron chi connectivity index (χ0n) is 13.7. The normalized spacial score (nSPS) is 12.9. The summed E-state index contributed by atoms with van der Waals surface area (Å²) in [6, 6.07) is 5.80. The summed E-state index contributed by atoms with van der Waals surface area (Å²) in [7, 11) is 1.64. The summed E-state index contributed by atoms with van der Waals surface area (Å²) in [5, 5.41) is 0. The van der Waals surface area contributed by atoms with Gasteiger partial charge in [-0.3, -0.25) is 4.79 Å².